The van der Waals surface area contributed by atoms with Crippen LogP contribution in [0.25, 0.3) is 11.1 Å². The van der Waals surface area contributed by atoms with E-state index in [4.69, 9.17) is 9.47 Å². The lowest BCUT2D eigenvalue weighted by Gasteiger charge is -2.14. The molecule has 0 saturated heterocycles. The highest BCUT2D eigenvalue weighted by Crippen LogP contribution is 2.26. The SMILES string of the molecule is CCCCCCCCCCCCCCCOc1ccc(-c2ccc(C(C)OCCCCCCCCCCCCCCC)cc2)cc1. The third kappa shape index (κ3) is 21.1. The first-order valence-corrected chi connectivity index (χ1v) is 20.2. The summed E-state index contributed by atoms with van der Waals surface area (Å²) in [7, 11) is 0. The van der Waals surface area contributed by atoms with Gasteiger partial charge in [-0.15, -0.1) is 0 Å². The van der Waals surface area contributed by atoms with Crippen LogP contribution in [0.1, 0.15) is 199 Å². The van der Waals surface area contributed by atoms with E-state index in [0.29, 0.717) is 0 Å². The van der Waals surface area contributed by atoms with E-state index in [-0.39, 0.29) is 6.10 Å². The summed E-state index contributed by atoms with van der Waals surface area (Å²) < 4.78 is 12.2. The highest BCUT2D eigenvalue weighted by atomic mass is 16.5. The Morgan fingerprint density at radius 1 is 0.391 bits per heavy atom. The Hall–Kier alpha value is -1.80. The smallest absolute Gasteiger partial charge is 0.119 e. The second-order valence-corrected chi connectivity index (χ2v) is 14.0. The van der Waals surface area contributed by atoms with Crippen molar-refractivity contribution in [2.45, 2.75) is 194 Å². The molecule has 0 aromatic heterocycles. The third-order valence-electron chi connectivity index (χ3n) is 9.70. The van der Waals surface area contributed by atoms with E-state index in [9.17, 15) is 0 Å². The number of unbranched alkanes of at least 4 members (excludes halogenated alkanes) is 24. The molecular formula is C44H74O2. The Kier molecular flexibility index (Phi) is 25.8. The van der Waals surface area contributed by atoms with Crippen molar-refractivity contribution in [3.63, 3.8) is 0 Å². The Morgan fingerprint density at radius 3 is 1.11 bits per heavy atom. The highest BCUT2D eigenvalue weighted by molar-refractivity contribution is 5.64. The quantitative estimate of drug-likeness (QED) is 0.0746. The minimum absolute atomic E-state index is 0.146. The van der Waals surface area contributed by atoms with Crippen molar-refractivity contribution in [1.82, 2.24) is 0 Å². The molecule has 0 saturated carbocycles. The predicted octanol–water partition coefficient (Wildman–Crippen LogP) is 15.0. The molecule has 0 aliphatic rings. The Morgan fingerprint density at radius 2 is 0.717 bits per heavy atom. The van der Waals surface area contributed by atoms with Crippen LogP contribution in [-0.4, -0.2) is 13.2 Å². The van der Waals surface area contributed by atoms with Crippen LogP contribution in [0.3, 0.4) is 0 Å². The Bertz CT molecular complexity index is 903. The molecule has 46 heavy (non-hydrogen) atoms. The lowest BCUT2D eigenvalue weighted by molar-refractivity contribution is 0.0627. The summed E-state index contributed by atoms with van der Waals surface area (Å²) in [5.74, 6) is 0.981. The number of rotatable bonds is 32. The van der Waals surface area contributed by atoms with Crippen LogP contribution in [0.15, 0.2) is 48.5 Å². The molecule has 0 aliphatic carbocycles. The van der Waals surface area contributed by atoms with E-state index in [2.05, 4.69) is 69.3 Å². The van der Waals surface area contributed by atoms with Crippen LogP contribution in [0.4, 0.5) is 0 Å². The molecule has 0 heterocycles. The first-order valence-electron chi connectivity index (χ1n) is 20.2. The van der Waals surface area contributed by atoms with Crippen LogP contribution >= 0.6 is 0 Å². The number of ether oxygens (including phenoxy) is 2. The highest BCUT2D eigenvalue weighted by Gasteiger charge is 2.07. The number of benzene rings is 2. The van der Waals surface area contributed by atoms with Crippen molar-refractivity contribution < 1.29 is 9.47 Å². The molecule has 0 bridgehead atoms. The molecule has 2 heteroatoms. The van der Waals surface area contributed by atoms with Gasteiger partial charge in [-0.25, -0.2) is 0 Å². The average molecular weight is 635 g/mol. The maximum absolute atomic E-state index is 6.17. The molecule has 2 aromatic rings. The fraction of sp³-hybridized carbons (Fsp3) is 0.727. The van der Waals surface area contributed by atoms with Crippen molar-refractivity contribution in [2.24, 2.45) is 0 Å². The topological polar surface area (TPSA) is 18.5 Å². The Labute approximate surface area is 286 Å². The summed E-state index contributed by atoms with van der Waals surface area (Å²) in [4.78, 5) is 0. The molecule has 2 aromatic carbocycles. The molecule has 0 aliphatic heterocycles. The fourth-order valence-electron chi connectivity index (χ4n) is 6.48. The second kappa shape index (κ2) is 29.3. The summed E-state index contributed by atoms with van der Waals surface area (Å²) in [6, 6.07) is 17.5. The number of hydrogen-bond acceptors (Lipinski definition) is 2. The van der Waals surface area contributed by atoms with E-state index in [0.717, 1.165) is 25.4 Å². The first-order chi connectivity index (χ1) is 22.7. The molecule has 1 atom stereocenters. The largest absolute Gasteiger partial charge is 0.494 e. The lowest BCUT2D eigenvalue weighted by atomic mass is 10.0. The summed E-state index contributed by atoms with van der Waals surface area (Å²) in [5, 5.41) is 0. The number of hydrogen-bond donors (Lipinski definition) is 0. The molecule has 0 radical (unpaired) electrons. The fourth-order valence-corrected chi connectivity index (χ4v) is 6.48. The van der Waals surface area contributed by atoms with Crippen molar-refractivity contribution in [1.29, 1.82) is 0 Å². The molecule has 1 unspecified atom stereocenters. The molecule has 262 valence electrons. The average Bonchev–Trinajstić information content (AvgIpc) is 3.09. The molecule has 0 amide bonds. The van der Waals surface area contributed by atoms with Crippen LogP contribution < -0.4 is 4.74 Å². The van der Waals surface area contributed by atoms with Crippen molar-refractivity contribution in [3.05, 3.63) is 54.1 Å². The van der Waals surface area contributed by atoms with Gasteiger partial charge < -0.3 is 9.47 Å². The predicted molar refractivity (Wildman–Crippen MR) is 203 cm³/mol. The molecule has 0 N–H and O–H groups in total. The van der Waals surface area contributed by atoms with E-state index < -0.39 is 0 Å². The summed E-state index contributed by atoms with van der Waals surface area (Å²) in [5.41, 5.74) is 3.74. The van der Waals surface area contributed by atoms with Gasteiger partial charge in [0.25, 0.3) is 0 Å². The first kappa shape index (κ1) is 40.4. The van der Waals surface area contributed by atoms with Gasteiger partial charge in [0.1, 0.15) is 5.75 Å². The third-order valence-corrected chi connectivity index (χ3v) is 9.70. The molecule has 0 spiro atoms. The second-order valence-electron chi connectivity index (χ2n) is 14.0. The molecular weight excluding hydrogens is 560 g/mol. The maximum atomic E-state index is 6.17. The van der Waals surface area contributed by atoms with Gasteiger partial charge in [0.05, 0.1) is 12.7 Å². The minimum Gasteiger partial charge on any atom is -0.494 e. The van der Waals surface area contributed by atoms with Gasteiger partial charge in [-0.1, -0.05) is 204 Å². The summed E-state index contributed by atoms with van der Waals surface area (Å²) in [6.07, 6.45) is 36.1. The van der Waals surface area contributed by atoms with Gasteiger partial charge in [0.15, 0.2) is 0 Å². The Balaban J connectivity index is 1.46. The van der Waals surface area contributed by atoms with Gasteiger partial charge in [-0.3, -0.25) is 0 Å². The van der Waals surface area contributed by atoms with Gasteiger partial charge in [-0.2, -0.15) is 0 Å². The van der Waals surface area contributed by atoms with Gasteiger partial charge in [-0.05, 0) is 48.6 Å². The minimum atomic E-state index is 0.146. The van der Waals surface area contributed by atoms with E-state index in [1.54, 1.807) is 0 Å². The van der Waals surface area contributed by atoms with Crippen molar-refractivity contribution in [2.75, 3.05) is 13.2 Å². The molecule has 2 rings (SSSR count). The molecule has 2 nitrogen and oxygen atoms in total. The van der Waals surface area contributed by atoms with Crippen LogP contribution in [0.2, 0.25) is 0 Å². The van der Waals surface area contributed by atoms with Crippen molar-refractivity contribution >= 4 is 0 Å². The van der Waals surface area contributed by atoms with E-state index in [1.165, 1.54) is 177 Å². The van der Waals surface area contributed by atoms with E-state index in [1.807, 2.05) is 0 Å². The monoisotopic (exact) mass is 635 g/mol. The normalized spacial score (nSPS) is 12.1. The molecule has 0 fully saturated rings. The zero-order chi connectivity index (χ0) is 32.8. The van der Waals surface area contributed by atoms with Gasteiger partial charge >= 0.3 is 0 Å². The zero-order valence-corrected chi connectivity index (χ0v) is 30.8. The lowest BCUT2D eigenvalue weighted by Crippen LogP contribution is -2.01. The zero-order valence-electron chi connectivity index (χ0n) is 30.8. The summed E-state index contributed by atoms with van der Waals surface area (Å²) in [6.45, 7) is 8.45. The van der Waals surface area contributed by atoms with E-state index >= 15 is 0 Å². The van der Waals surface area contributed by atoms with Crippen LogP contribution in [-0.2, 0) is 4.74 Å². The van der Waals surface area contributed by atoms with Crippen LogP contribution in [0, 0.1) is 0 Å². The summed E-state index contributed by atoms with van der Waals surface area (Å²) >= 11 is 0. The van der Waals surface area contributed by atoms with Gasteiger partial charge in [0.2, 0.25) is 0 Å². The standard InChI is InChI=1S/C44H74O2/c1-4-6-8-10-12-14-16-18-20-22-24-26-28-38-45-40(3)41-30-32-42(33-31-41)43-34-36-44(37-35-43)46-39-29-27-25-23-21-19-17-15-13-11-9-7-5-2/h30-37,40H,4-29,38-39H2,1-3H3. The van der Waals surface area contributed by atoms with Crippen molar-refractivity contribution in [3.8, 4) is 16.9 Å². The van der Waals surface area contributed by atoms with Gasteiger partial charge in [0, 0.05) is 6.61 Å². The maximum Gasteiger partial charge on any atom is 0.119 e. The van der Waals surface area contributed by atoms with Crippen LogP contribution in [0.5, 0.6) is 5.75 Å².